The van der Waals surface area contributed by atoms with Gasteiger partial charge in [-0.25, -0.2) is 0 Å². The van der Waals surface area contributed by atoms with Gasteiger partial charge in [-0.2, -0.15) is 4.98 Å². The Balaban J connectivity index is 1.85. The van der Waals surface area contributed by atoms with Crippen LogP contribution in [0.5, 0.6) is 0 Å². The molecule has 0 bridgehead atoms. The van der Waals surface area contributed by atoms with E-state index in [1.54, 1.807) is 0 Å². The number of aromatic nitrogens is 3. The quantitative estimate of drug-likeness (QED) is 0.794. The minimum atomic E-state index is 0.479. The topological polar surface area (TPSA) is 56.8 Å². The Morgan fingerprint density at radius 1 is 1.37 bits per heavy atom. The van der Waals surface area contributed by atoms with Crippen LogP contribution in [0.3, 0.4) is 0 Å². The maximum Gasteiger partial charge on any atom is 0.245 e. The van der Waals surface area contributed by atoms with E-state index >= 15 is 0 Å². The summed E-state index contributed by atoms with van der Waals surface area (Å²) >= 11 is 2.32. The average Bonchev–Trinajstić information content (AvgIpc) is 2.89. The van der Waals surface area contributed by atoms with Gasteiger partial charge >= 0.3 is 0 Å². The number of hydrogen-bond acceptors (Lipinski definition) is 4. The molecule has 1 fully saturated rings. The summed E-state index contributed by atoms with van der Waals surface area (Å²) in [5, 5.41) is 10.8. The number of H-pyrrole nitrogens is 1. The highest BCUT2D eigenvalue weighted by atomic mass is 127. The van der Waals surface area contributed by atoms with Gasteiger partial charge in [0, 0.05) is 34.8 Å². The lowest BCUT2D eigenvalue weighted by atomic mass is 10.2. The van der Waals surface area contributed by atoms with E-state index in [1.807, 2.05) is 12.1 Å². The van der Waals surface area contributed by atoms with E-state index in [-0.39, 0.29) is 0 Å². The van der Waals surface area contributed by atoms with E-state index in [9.17, 15) is 0 Å². The second kappa shape index (κ2) is 5.46. The first-order valence-corrected chi connectivity index (χ1v) is 7.47. The first kappa shape index (κ1) is 12.9. The van der Waals surface area contributed by atoms with Gasteiger partial charge in [0.05, 0.1) is 0 Å². The summed E-state index contributed by atoms with van der Waals surface area (Å²) < 4.78 is 1.18. The van der Waals surface area contributed by atoms with Crippen LogP contribution in [0.25, 0.3) is 11.4 Å². The number of halogens is 1. The van der Waals surface area contributed by atoms with Crippen molar-refractivity contribution in [2.45, 2.75) is 13.0 Å². The molecule has 0 radical (unpaired) electrons. The number of nitrogens with one attached hydrogen (secondary N) is 2. The first-order chi connectivity index (χ1) is 9.24. The number of piperazine rings is 1. The second-order valence-electron chi connectivity index (χ2n) is 4.77. The Labute approximate surface area is 125 Å². The highest BCUT2D eigenvalue weighted by Gasteiger charge is 2.19. The molecule has 1 aliphatic rings. The molecule has 100 valence electrons. The standard InChI is InChI=1S/C13H16IN5/c1-9-8-19(7-6-15-9)13-16-12(17-18-13)10-4-2-3-5-11(10)14/h2-5,9,15H,6-8H2,1H3,(H,16,17,18). The fourth-order valence-corrected chi connectivity index (χ4v) is 2.92. The van der Waals surface area contributed by atoms with Gasteiger partial charge in [-0.05, 0) is 35.6 Å². The van der Waals surface area contributed by atoms with Crippen LogP contribution in [0.4, 0.5) is 5.95 Å². The van der Waals surface area contributed by atoms with Gasteiger partial charge in [0.2, 0.25) is 5.95 Å². The van der Waals surface area contributed by atoms with Crippen molar-refractivity contribution in [3.63, 3.8) is 0 Å². The number of hydrogen-bond donors (Lipinski definition) is 2. The first-order valence-electron chi connectivity index (χ1n) is 6.39. The highest BCUT2D eigenvalue weighted by molar-refractivity contribution is 14.1. The predicted molar refractivity (Wildman–Crippen MR) is 84.2 cm³/mol. The van der Waals surface area contributed by atoms with Crippen molar-refractivity contribution in [2.24, 2.45) is 0 Å². The maximum absolute atomic E-state index is 4.63. The minimum absolute atomic E-state index is 0.479. The molecule has 0 saturated carbocycles. The molecule has 5 nitrogen and oxygen atoms in total. The van der Waals surface area contributed by atoms with Crippen molar-refractivity contribution in [1.82, 2.24) is 20.5 Å². The minimum Gasteiger partial charge on any atom is -0.337 e. The van der Waals surface area contributed by atoms with Crippen LogP contribution >= 0.6 is 22.6 Å². The van der Waals surface area contributed by atoms with Crippen molar-refractivity contribution in [3.8, 4) is 11.4 Å². The smallest absolute Gasteiger partial charge is 0.245 e. The van der Waals surface area contributed by atoms with Crippen molar-refractivity contribution in [3.05, 3.63) is 27.8 Å². The molecule has 1 unspecified atom stereocenters. The molecule has 1 aromatic heterocycles. The lowest BCUT2D eigenvalue weighted by molar-refractivity contribution is 0.480. The SMILES string of the molecule is CC1CN(c2n[nH]c(-c3ccccc3I)n2)CCN1. The monoisotopic (exact) mass is 369 g/mol. The second-order valence-corrected chi connectivity index (χ2v) is 5.93. The summed E-state index contributed by atoms with van der Waals surface area (Å²) in [4.78, 5) is 6.85. The molecule has 1 atom stereocenters. The summed E-state index contributed by atoms with van der Waals surface area (Å²) in [6, 6.07) is 8.66. The zero-order chi connectivity index (χ0) is 13.2. The van der Waals surface area contributed by atoms with E-state index < -0.39 is 0 Å². The lowest BCUT2D eigenvalue weighted by Gasteiger charge is -2.30. The fourth-order valence-electron chi connectivity index (χ4n) is 2.28. The average molecular weight is 369 g/mol. The Morgan fingerprint density at radius 2 is 2.21 bits per heavy atom. The summed E-state index contributed by atoms with van der Waals surface area (Å²) in [5.41, 5.74) is 1.10. The zero-order valence-corrected chi connectivity index (χ0v) is 12.9. The van der Waals surface area contributed by atoms with Crippen LogP contribution in [0.1, 0.15) is 6.92 Å². The van der Waals surface area contributed by atoms with E-state index in [0.717, 1.165) is 37.0 Å². The molecule has 2 N–H and O–H groups in total. The number of rotatable bonds is 2. The van der Waals surface area contributed by atoms with Gasteiger partial charge in [-0.3, -0.25) is 5.10 Å². The molecule has 1 saturated heterocycles. The molecule has 1 aromatic carbocycles. The fraction of sp³-hybridized carbons (Fsp3) is 0.385. The van der Waals surface area contributed by atoms with Crippen molar-refractivity contribution in [2.75, 3.05) is 24.5 Å². The molecule has 2 heterocycles. The summed E-state index contributed by atoms with van der Waals surface area (Å²) in [5.74, 6) is 1.63. The lowest BCUT2D eigenvalue weighted by Crippen LogP contribution is -2.49. The van der Waals surface area contributed by atoms with Gasteiger partial charge in [0.15, 0.2) is 5.82 Å². The van der Waals surface area contributed by atoms with Gasteiger partial charge in [0.1, 0.15) is 0 Å². The predicted octanol–water partition coefficient (Wildman–Crippen LogP) is 1.87. The van der Waals surface area contributed by atoms with Crippen LogP contribution in [0, 0.1) is 3.57 Å². The van der Waals surface area contributed by atoms with E-state index in [1.165, 1.54) is 3.57 Å². The number of aromatic amines is 1. The summed E-state index contributed by atoms with van der Waals surface area (Å²) in [6.45, 7) is 5.06. The molecule has 1 aliphatic heterocycles. The molecule has 3 rings (SSSR count). The normalized spacial score (nSPS) is 19.7. The Bertz CT molecular complexity index is 568. The highest BCUT2D eigenvalue weighted by Crippen LogP contribution is 2.23. The van der Waals surface area contributed by atoms with E-state index in [4.69, 9.17) is 0 Å². The van der Waals surface area contributed by atoms with Crippen LogP contribution in [0.15, 0.2) is 24.3 Å². The molecule has 0 aliphatic carbocycles. The number of nitrogens with zero attached hydrogens (tertiary/aromatic N) is 3. The molecular formula is C13H16IN5. The third-order valence-corrected chi connectivity index (χ3v) is 4.19. The van der Waals surface area contributed by atoms with Crippen LogP contribution in [0.2, 0.25) is 0 Å². The van der Waals surface area contributed by atoms with Crippen molar-refractivity contribution >= 4 is 28.5 Å². The number of anilines is 1. The van der Waals surface area contributed by atoms with Gasteiger partial charge in [-0.15, -0.1) is 5.10 Å². The van der Waals surface area contributed by atoms with E-state index in [0.29, 0.717) is 6.04 Å². The molecular weight excluding hydrogens is 353 g/mol. The zero-order valence-electron chi connectivity index (χ0n) is 10.7. The van der Waals surface area contributed by atoms with Gasteiger partial charge in [0.25, 0.3) is 0 Å². The molecule has 0 spiro atoms. The van der Waals surface area contributed by atoms with Gasteiger partial charge < -0.3 is 10.2 Å². The van der Waals surface area contributed by atoms with Crippen LogP contribution in [-0.2, 0) is 0 Å². The molecule has 2 aromatic rings. The summed E-state index contributed by atoms with van der Waals surface area (Å²) in [6.07, 6.45) is 0. The van der Waals surface area contributed by atoms with Crippen LogP contribution < -0.4 is 10.2 Å². The molecule has 0 amide bonds. The van der Waals surface area contributed by atoms with Crippen LogP contribution in [-0.4, -0.2) is 40.9 Å². The van der Waals surface area contributed by atoms with Gasteiger partial charge in [-0.1, -0.05) is 18.2 Å². The van der Waals surface area contributed by atoms with Crippen molar-refractivity contribution in [1.29, 1.82) is 0 Å². The van der Waals surface area contributed by atoms with Crippen molar-refractivity contribution < 1.29 is 0 Å². The third kappa shape index (κ3) is 2.74. The van der Waals surface area contributed by atoms with E-state index in [2.05, 4.69) is 67.0 Å². The maximum atomic E-state index is 4.63. The Hall–Kier alpha value is -1.15. The molecule has 19 heavy (non-hydrogen) atoms. The third-order valence-electron chi connectivity index (χ3n) is 3.25. The largest absolute Gasteiger partial charge is 0.337 e. The molecule has 6 heteroatoms. The Morgan fingerprint density at radius 3 is 3.00 bits per heavy atom. The summed E-state index contributed by atoms with van der Waals surface area (Å²) in [7, 11) is 0. The Kier molecular flexibility index (Phi) is 3.69. The number of benzene rings is 1.